The van der Waals surface area contributed by atoms with Crippen molar-refractivity contribution in [3.05, 3.63) is 65.7 Å². The normalized spacial score (nSPS) is 14.7. The average molecular weight is 337 g/mol. The predicted octanol–water partition coefficient (Wildman–Crippen LogP) is 3.73. The number of fused-ring (bicyclic) bond motifs is 1. The second-order valence-corrected chi connectivity index (χ2v) is 6.00. The van der Waals surface area contributed by atoms with Gasteiger partial charge in [-0.25, -0.2) is 4.39 Å². The van der Waals surface area contributed by atoms with Crippen LogP contribution in [0.3, 0.4) is 0 Å². The van der Waals surface area contributed by atoms with Crippen LogP contribution in [0.1, 0.15) is 19.8 Å². The smallest absolute Gasteiger partial charge is 0.229 e. The summed E-state index contributed by atoms with van der Waals surface area (Å²) >= 11 is 0. The van der Waals surface area contributed by atoms with E-state index in [0.29, 0.717) is 23.3 Å². The van der Waals surface area contributed by atoms with Gasteiger partial charge in [0.25, 0.3) is 0 Å². The van der Waals surface area contributed by atoms with E-state index in [1.807, 2.05) is 11.8 Å². The van der Waals surface area contributed by atoms with Gasteiger partial charge in [0.2, 0.25) is 5.62 Å². The van der Waals surface area contributed by atoms with E-state index in [9.17, 15) is 4.39 Å². The molecule has 2 aromatic rings. The highest BCUT2D eigenvalue weighted by molar-refractivity contribution is 5.94. The Morgan fingerprint density at radius 2 is 2.16 bits per heavy atom. The number of nitrogens with zero attached hydrogens (tertiary/aromatic N) is 3. The van der Waals surface area contributed by atoms with Crippen LogP contribution in [0.15, 0.2) is 54.3 Å². The van der Waals surface area contributed by atoms with Crippen molar-refractivity contribution in [2.24, 2.45) is 0 Å². The van der Waals surface area contributed by atoms with Crippen LogP contribution in [0.5, 0.6) is 0 Å². The summed E-state index contributed by atoms with van der Waals surface area (Å²) in [5, 5.41) is 15.9. The molecule has 2 N–H and O–H groups in total. The lowest BCUT2D eigenvalue weighted by atomic mass is 9.96. The molecule has 0 saturated carbocycles. The molecule has 1 aromatic carbocycles. The summed E-state index contributed by atoms with van der Waals surface area (Å²) in [6, 6.07) is 4.63. The third kappa shape index (κ3) is 2.69. The summed E-state index contributed by atoms with van der Waals surface area (Å²) in [4.78, 5) is 6.20. The molecule has 0 spiro atoms. The largest absolute Gasteiger partial charge is 0.325 e. The molecule has 0 amide bonds. The number of halogens is 1. The van der Waals surface area contributed by atoms with E-state index in [-0.39, 0.29) is 5.62 Å². The Morgan fingerprint density at radius 3 is 2.80 bits per heavy atom. The van der Waals surface area contributed by atoms with E-state index in [2.05, 4.69) is 18.1 Å². The van der Waals surface area contributed by atoms with Crippen molar-refractivity contribution >= 4 is 23.1 Å². The quantitative estimate of drug-likeness (QED) is 0.659. The van der Waals surface area contributed by atoms with Gasteiger partial charge in [0.1, 0.15) is 11.6 Å². The zero-order chi connectivity index (χ0) is 18.1. The Bertz CT molecular complexity index is 983. The predicted molar refractivity (Wildman–Crippen MR) is 98.3 cm³/mol. The third-order valence-corrected chi connectivity index (χ3v) is 4.42. The van der Waals surface area contributed by atoms with Crippen LogP contribution in [0, 0.1) is 16.6 Å². The van der Waals surface area contributed by atoms with Crippen LogP contribution in [0.25, 0.3) is 10.9 Å². The van der Waals surface area contributed by atoms with Crippen LogP contribution in [-0.4, -0.2) is 22.4 Å². The minimum Gasteiger partial charge on any atom is -0.325 e. The van der Waals surface area contributed by atoms with Crippen LogP contribution in [0.4, 0.5) is 10.2 Å². The first-order valence-corrected chi connectivity index (χ1v) is 8.04. The van der Waals surface area contributed by atoms with E-state index in [0.717, 1.165) is 36.0 Å². The van der Waals surface area contributed by atoms with Gasteiger partial charge in [-0.15, -0.1) is 0 Å². The van der Waals surface area contributed by atoms with Crippen molar-refractivity contribution in [1.82, 2.24) is 9.55 Å². The van der Waals surface area contributed by atoms with E-state index in [1.165, 1.54) is 10.6 Å². The Hall–Kier alpha value is -3.02. The SMILES string of the molecule is C=CC1=C(C(=C)C)CCCN1c1nc(=N)n(C=N)c2cccc(F)c12. The van der Waals surface area contributed by atoms with Gasteiger partial charge in [-0.1, -0.05) is 24.8 Å². The fourth-order valence-electron chi connectivity index (χ4n) is 3.30. The summed E-state index contributed by atoms with van der Waals surface area (Å²) in [5.41, 5.74) is 3.19. The molecule has 0 radical (unpaired) electrons. The summed E-state index contributed by atoms with van der Waals surface area (Å²) in [5.74, 6) is -0.0500. The topological polar surface area (TPSA) is 68.8 Å². The molecule has 1 aliphatic heterocycles. The zero-order valence-electron chi connectivity index (χ0n) is 14.1. The Labute approximate surface area is 145 Å². The molecule has 5 nitrogen and oxygen atoms in total. The van der Waals surface area contributed by atoms with Crippen molar-refractivity contribution in [3.8, 4) is 0 Å². The molecule has 0 bridgehead atoms. The van der Waals surface area contributed by atoms with Crippen LogP contribution >= 0.6 is 0 Å². The summed E-state index contributed by atoms with van der Waals surface area (Å²) in [6.07, 6.45) is 4.47. The van der Waals surface area contributed by atoms with Crippen molar-refractivity contribution in [3.63, 3.8) is 0 Å². The zero-order valence-corrected chi connectivity index (χ0v) is 14.1. The maximum absolute atomic E-state index is 14.7. The van der Waals surface area contributed by atoms with Crippen LogP contribution in [-0.2, 0) is 0 Å². The summed E-state index contributed by atoms with van der Waals surface area (Å²) in [6.45, 7) is 10.5. The lowest BCUT2D eigenvalue weighted by molar-refractivity contribution is 0.637. The maximum Gasteiger partial charge on any atom is 0.229 e. The highest BCUT2D eigenvalue weighted by Crippen LogP contribution is 2.34. The molecular weight excluding hydrogens is 317 g/mol. The first-order chi connectivity index (χ1) is 12.0. The molecule has 25 heavy (non-hydrogen) atoms. The number of nitrogens with one attached hydrogen (secondary N) is 2. The second-order valence-electron chi connectivity index (χ2n) is 6.00. The molecular formula is C19H20FN5. The molecule has 0 saturated heterocycles. The van der Waals surface area contributed by atoms with Gasteiger partial charge < -0.3 is 4.90 Å². The minimum atomic E-state index is -0.429. The molecule has 6 heteroatoms. The average Bonchev–Trinajstić information content (AvgIpc) is 2.60. The van der Waals surface area contributed by atoms with Crippen molar-refractivity contribution in [2.75, 3.05) is 11.4 Å². The third-order valence-electron chi connectivity index (χ3n) is 4.42. The minimum absolute atomic E-state index is 0.117. The molecule has 0 atom stereocenters. The maximum atomic E-state index is 14.7. The van der Waals surface area contributed by atoms with Gasteiger partial charge in [-0.2, -0.15) is 4.98 Å². The molecule has 2 heterocycles. The summed E-state index contributed by atoms with van der Waals surface area (Å²) in [7, 11) is 0. The highest BCUT2D eigenvalue weighted by Gasteiger charge is 2.24. The Balaban J connectivity index is 2.38. The fraction of sp³-hybridized carbons (Fsp3) is 0.211. The van der Waals surface area contributed by atoms with Gasteiger partial charge in [0.05, 0.1) is 17.2 Å². The van der Waals surface area contributed by atoms with Gasteiger partial charge in [-0.3, -0.25) is 15.4 Å². The highest BCUT2D eigenvalue weighted by atomic mass is 19.1. The van der Waals surface area contributed by atoms with E-state index >= 15 is 0 Å². The molecule has 1 aliphatic rings. The van der Waals surface area contributed by atoms with Crippen molar-refractivity contribution < 1.29 is 4.39 Å². The van der Waals surface area contributed by atoms with E-state index < -0.39 is 5.82 Å². The molecule has 3 rings (SSSR count). The van der Waals surface area contributed by atoms with E-state index in [4.69, 9.17) is 10.8 Å². The van der Waals surface area contributed by atoms with Gasteiger partial charge in [0, 0.05) is 12.2 Å². The lowest BCUT2D eigenvalue weighted by Crippen LogP contribution is -2.33. The number of aromatic nitrogens is 2. The first kappa shape index (κ1) is 16.8. The molecule has 0 fully saturated rings. The van der Waals surface area contributed by atoms with Crippen LogP contribution in [0.2, 0.25) is 0 Å². The monoisotopic (exact) mass is 337 g/mol. The molecule has 128 valence electrons. The second kappa shape index (κ2) is 6.47. The number of rotatable bonds is 4. The van der Waals surface area contributed by atoms with Crippen molar-refractivity contribution in [2.45, 2.75) is 19.8 Å². The number of allylic oxidation sites excluding steroid dienone is 3. The standard InChI is InChI=1S/C19H20FN5/c1-4-15-13(12(2)3)7-6-10-24(15)18-17-14(20)8-5-9-16(17)25(11-21)19(22)23-18/h4-5,8-9,11,21-22H,1-2,6-7,10H2,3H3. The summed E-state index contributed by atoms with van der Waals surface area (Å²) < 4.78 is 15.9. The van der Waals surface area contributed by atoms with E-state index in [1.54, 1.807) is 18.2 Å². The van der Waals surface area contributed by atoms with Gasteiger partial charge in [0.15, 0.2) is 0 Å². The number of hydrogen-bond acceptors (Lipinski definition) is 4. The number of benzene rings is 1. The van der Waals surface area contributed by atoms with Gasteiger partial charge in [-0.05, 0) is 43.5 Å². The molecule has 0 aliphatic carbocycles. The molecule has 0 unspecified atom stereocenters. The van der Waals surface area contributed by atoms with Crippen LogP contribution < -0.4 is 10.5 Å². The Kier molecular flexibility index (Phi) is 4.35. The number of anilines is 1. The first-order valence-electron chi connectivity index (χ1n) is 8.04. The number of hydrogen-bond donors (Lipinski definition) is 2. The lowest BCUT2D eigenvalue weighted by Gasteiger charge is -2.32. The van der Waals surface area contributed by atoms with Crippen molar-refractivity contribution in [1.29, 1.82) is 10.8 Å². The van der Waals surface area contributed by atoms with Gasteiger partial charge >= 0.3 is 0 Å². The fourth-order valence-corrected chi connectivity index (χ4v) is 3.30. The Morgan fingerprint density at radius 1 is 1.40 bits per heavy atom. The molecule has 1 aromatic heterocycles.